The second-order valence-electron chi connectivity index (χ2n) is 5.03. The van der Waals surface area contributed by atoms with E-state index in [1.807, 2.05) is 6.07 Å². The van der Waals surface area contributed by atoms with Crippen LogP contribution in [0.3, 0.4) is 0 Å². The molecule has 19 heavy (non-hydrogen) atoms. The van der Waals surface area contributed by atoms with Crippen LogP contribution >= 0.6 is 0 Å². The SMILES string of the molecule is CS(=O)(=O)c1c(C2CCCNC2)ccc2c1OCO2. The largest absolute Gasteiger partial charge is 0.454 e. The van der Waals surface area contributed by atoms with E-state index in [1.165, 1.54) is 6.26 Å². The number of nitrogens with one attached hydrogen (secondary N) is 1. The van der Waals surface area contributed by atoms with Gasteiger partial charge in [0.25, 0.3) is 0 Å². The molecule has 104 valence electrons. The van der Waals surface area contributed by atoms with Crippen LogP contribution in [-0.2, 0) is 9.84 Å². The van der Waals surface area contributed by atoms with Crippen molar-refractivity contribution in [1.29, 1.82) is 0 Å². The van der Waals surface area contributed by atoms with Crippen LogP contribution in [0.15, 0.2) is 17.0 Å². The van der Waals surface area contributed by atoms with Crippen molar-refractivity contribution in [3.63, 3.8) is 0 Å². The quantitative estimate of drug-likeness (QED) is 0.886. The summed E-state index contributed by atoms with van der Waals surface area (Å²) in [6.45, 7) is 1.89. The highest BCUT2D eigenvalue weighted by Gasteiger charge is 2.30. The van der Waals surface area contributed by atoms with E-state index in [2.05, 4.69) is 5.32 Å². The van der Waals surface area contributed by atoms with Crippen molar-refractivity contribution in [3.05, 3.63) is 17.7 Å². The smallest absolute Gasteiger partial charge is 0.231 e. The van der Waals surface area contributed by atoms with Gasteiger partial charge in [0.2, 0.25) is 6.79 Å². The van der Waals surface area contributed by atoms with Crippen LogP contribution in [-0.4, -0.2) is 34.6 Å². The fourth-order valence-electron chi connectivity index (χ4n) is 2.78. The third-order valence-corrected chi connectivity index (χ3v) is 4.79. The first-order valence-electron chi connectivity index (χ1n) is 6.40. The van der Waals surface area contributed by atoms with Gasteiger partial charge in [-0.05, 0) is 36.9 Å². The first-order chi connectivity index (χ1) is 9.07. The number of ether oxygens (including phenoxy) is 2. The van der Waals surface area contributed by atoms with Crippen molar-refractivity contribution in [2.24, 2.45) is 0 Å². The molecular formula is C13H17NO4S. The van der Waals surface area contributed by atoms with E-state index in [0.717, 1.165) is 31.5 Å². The van der Waals surface area contributed by atoms with Crippen molar-refractivity contribution < 1.29 is 17.9 Å². The highest BCUT2D eigenvalue weighted by molar-refractivity contribution is 7.90. The van der Waals surface area contributed by atoms with Crippen LogP contribution in [0.1, 0.15) is 24.3 Å². The van der Waals surface area contributed by atoms with E-state index in [4.69, 9.17) is 9.47 Å². The lowest BCUT2D eigenvalue weighted by Gasteiger charge is -2.25. The maximum absolute atomic E-state index is 12.1. The normalized spacial score (nSPS) is 22.5. The molecule has 0 aromatic heterocycles. The molecule has 1 saturated heterocycles. The number of hydrogen-bond acceptors (Lipinski definition) is 5. The van der Waals surface area contributed by atoms with Crippen molar-refractivity contribution in [2.45, 2.75) is 23.7 Å². The molecule has 1 aromatic rings. The summed E-state index contributed by atoms with van der Waals surface area (Å²) in [5.74, 6) is 1.12. The molecule has 3 rings (SSSR count). The highest BCUT2D eigenvalue weighted by atomic mass is 32.2. The van der Waals surface area contributed by atoms with Crippen LogP contribution in [0.4, 0.5) is 0 Å². The summed E-state index contributed by atoms with van der Waals surface area (Å²) in [6, 6.07) is 3.67. The zero-order chi connectivity index (χ0) is 13.5. The molecule has 1 N–H and O–H groups in total. The molecule has 0 amide bonds. The van der Waals surface area contributed by atoms with Crippen LogP contribution in [0.5, 0.6) is 11.5 Å². The average molecular weight is 283 g/mol. The summed E-state index contributed by atoms with van der Waals surface area (Å²) < 4.78 is 34.8. The van der Waals surface area contributed by atoms with Gasteiger partial charge in [-0.25, -0.2) is 8.42 Å². The molecule has 5 nitrogen and oxygen atoms in total. The molecule has 6 heteroatoms. The van der Waals surface area contributed by atoms with E-state index < -0.39 is 9.84 Å². The number of hydrogen-bond donors (Lipinski definition) is 1. The lowest BCUT2D eigenvalue weighted by Crippen LogP contribution is -2.29. The minimum absolute atomic E-state index is 0.0875. The Morgan fingerprint density at radius 2 is 2.16 bits per heavy atom. The molecule has 0 saturated carbocycles. The molecule has 1 aromatic carbocycles. The van der Waals surface area contributed by atoms with Crippen molar-refractivity contribution in [2.75, 3.05) is 26.1 Å². The summed E-state index contributed by atoms with van der Waals surface area (Å²) in [7, 11) is -3.34. The van der Waals surface area contributed by atoms with Gasteiger partial charge in [-0.3, -0.25) is 0 Å². The maximum Gasteiger partial charge on any atom is 0.231 e. The summed E-state index contributed by atoms with van der Waals surface area (Å²) in [5.41, 5.74) is 0.846. The van der Waals surface area contributed by atoms with Gasteiger partial charge in [0.1, 0.15) is 4.90 Å². The number of rotatable bonds is 2. The Kier molecular flexibility index (Phi) is 3.14. The van der Waals surface area contributed by atoms with Gasteiger partial charge in [0.05, 0.1) is 0 Å². The molecule has 2 heterocycles. The molecule has 0 spiro atoms. The summed E-state index contributed by atoms with van der Waals surface area (Å²) in [5, 5.41) is 3.31. The lowest BCUT2D eigenvalue weighted by molar-refractivity contribution is 0.172. The van der Waals surface area contributed by atoms with E-state index >= 15 is 0 Å². The van der Waals surface area contributed by atoms with Gasteiger partial charge in [0.15, 0.2) is 21.3 Å². The Morgan fingerprint density at radius 1 is 1.32 bits per heavy atom. The first kappa shape index (κ1) is 12.7. The molecule has 0 bridgehead atoms. The second-order valence-corrected chi connectivity index (χ2v) is 6.99. The van der Waals surface area contributed by atoms with Gasteiger partial charge in [-0.1, -0.05) is 6.07 Å². The fourth-order valence-corrected chi connectivity index (χ4v) is 3.94. The van der Waals surface area contributed by atoms with Gasteiger partial charge < -0.3 is 14.8 Å². The summed E-state index contributed by atoms with van der Waals surface area (Å²) >= 11 is 0. The van der Waals surface area contributed by atoms with E-state index in [9.17, 15) is 8.42 Å². The van der Waals surface area contributed by atoms with Gasteiger partial charge >= 0.3 is 0 Å². The van der Waals surface area contributed by atoms with Gasteiger partial charge in [-0.2, -0.15) is 0 Å². The standard InChI is InChI=1S/C13H17NO4S/c1-19(15,16)13-10(9-3-2-6-14-7-9)4-5-11-12(13)18-8-17-11/h4-5,9,14H,2-3,6-8H2,1H3. The number of fused-ring (bicyclic) bond motifs is 1. The zero-order valence-electron chi connectivity index (χ0n) is 10.8. The van der Waals surface area contributed by atoms with E-state index in [0.29, 0.717) is 16.4 Å². The van der Waals surface area contributed by atoms with E-state index in [-0.39, 0.29) is 12.7 Å². The molecular weight excluding hydrogens is 266 g/mol. The Labute approximate surface area is 112 Å². The Morgan fingerprint density at radius 3 is 2.84 bits per heavy atom. The number of benzene rings is 1. The van der Waals surface area contributed by atoms with Crippen molar-refractivity contribution >= 4 is 9.84 Å². The Bertz CT molecular complexity index is 591. The second kappa shape index (κ2) is 4.68. The first-order valence-corrected chi connectivity index (χ1v) is 8.30. The zero-order valence-corrected chi connectivity index (χ0v) is 11.6. The predicted octanol–water partition coefficient (Wildman–Crippen LogP) is 1.29. The minimum atomic E-state index is -3.34. The molecule has 1 atom stereocenters. The molecule has 1 fully saturated rings. The maximum atomic E-state index is 12.1. The minimum Gasteiger partial charge on any atom is -0.454 e. The van der Waals surface area contributed by atoms with Crippen LogP contribution in [0.2, 0.25) is 0 Å². The van der Waals surface area contributed by atoms with Crippen molar-refractivity contribution in [3.8, 4) is 11.5 Å². The third-order valence-electron chi connectivity index (χ3n) is 3.63. The molecule has 0 aliphatic carbocycles. The molecule has 2 aliphatic heterocycles. The van der Waals surface area contributed by atoms with Crippen LogP contribution in [0.25, 0.3) is 0 Å². The van der Waals surface area contributed by atoms with Crippen LogP contribution in [0, 0.1) is 0 Å². The molecule has 2 aliphatic rings. The van der Waals surface area contributed by atoms with Crippen LogP contribution < -0.4 is 14.8 Å². The molecule has 0 radical (unpaired) electrons. The monoisotopic (exact) mass is 283 g/mol. The predicted molar refractivity (Wildman–Crippen MR) is 70.5 cm³/mol. The fraction of sp³-hybridized carbons (Fsp3) is 0.538. The third kappa shape index (κ3) is 2.30. The van der Waals surface area contributed by atoms with Gasteiger partial charge in [0, 0.05) is 12.8 Å². The topological polar surface area (TPSA) is 64.6 Å². The summed E-state index contributed by atoms with van der Waals surface area (Å²) in [4.78, 5) is 0.302. The average Bonchev–Trinajstić information content (AvgIpc) is 2.85. The highest BCUT2D eigenvalue weighted by Crippen LogP contribution is 2.43. The Balaban J connectivity index is 2.14. The number of piperidine rings is 1. The van der Waals surface area contributed by atoms with E-state index in [1.54, 1.807) is 6.07 Å². The Hall–Kier alpha value is -1.27. The van der Waals surface area contributed by atoms with Crippen molar-refractivity contribution in [1.82, 2.24) is 5.32 Å². The van der Waals surface area contributed by atoms with Gasteiger partial charge in [-0.15, -0.1) is 0 Å². The number of sulfone groups is 1. The molecule has 1 unspecified atom stereocenters. The summed E-state index contributed by atoms with van der Waals surface area (Å²) in [6.07, 6.45) is 3.28. The lowest BCUT2D eigenvalue weighted by atomic mass is 9.91.